The van der Waals surface area contributed by atoms with Crippen LogP contribution in [0.2, 0.25) is 0 Å². The first-order chi connectivity index (χ1) is 13.9. The molecule has 9 heteroatoms. The molecule has 0 aliphatic carbocycles. The second kappa shape index (κ2) is 9.62. The molecule has 0 bridgehead atoms. The Morgan fingerprint density at radius 1 is 1.24 bits per heavy atom. The van der Waals surface area contributed by atoms with Crippen molar-refractivity contribution in [1.82, 2.24) is 10.2 Å². The van der Waals surface area contributed by atoms with Gasteiger partial charge in [0.05, 0.1) is 4.92 Å². The highest BCUT2D eigenvalue weighted by atomic mass is 32.1. The number of nitro groups is 1. The van der Waals surface area contributed by atoms with Crippen LogP contribution in [0.25, 0.3) is 0 Å². The summed E-state index contributed by atoms with van der Waals surface area (Å²) in [5.74, 6) is -1.10. The Bertz CT molecular complexity index is 877. The number of carbonyl (C=O) groups is 2. The summed E-state index contributed by atoms with van der Waals surface area (Å²) in [6, 6.07) is 6.23. The Kier molecular flexibility index (Phi) is 6.95. The summed E-state index contributed by atoms with van der Waals surface area (Å²) in [6.07, 6.45) is 1.96. The first-order valence-corrected chi connectivity index (χ1v) is 10.4. The molecule has 0 spiro atoms. The van der Waals surface area contributed by atoms with Gasteiger partial charge in [-0.1, -0.05) is 0 Å². The van der Waals surface area contributed by atoms with Gasteiger partial charge >= 0.3 is 11.8 Å². The number of non-ortho nitro benzene ring substituents is 1. The number of thiophene rings is 1. The average Bonchev–Trinajstić information content (AvgIpc) is 3.21. The van der Waals surface area contributed by atoms with Crippen LogP contribution in [-0.2, 0) is 16.1 Å². The van der Waals surface area contributed by atoms with Crippen molar-refractivity contribution in [2.75, 3.05) is 25.0 Å². The minimum atomic E-state index is -0.767. The van der Waals surface area contributed by atoms with Gasteiger partial charge in [-0.05, 0) is 72.8 Å². The number of piperidine rings is 1. The molecule has 8 nitrogen and oxygen atoms in total. The molecule has 1 aliphatic heterocycles. The van der Waals surface area contributed by atoms with Crippen LogP contribution in [0.5, 0.6) is 0 Å². The SMILES string of the molecule is Cc1cc([N+](=O)[O-])ccc1NC(=O)C(=O)NCC1CCN(Cc2ccsc2)CC1. The topological polar surface area (TPSA) is 105 Å². The van der Waals surface area contributed by atoms with Crippen molar-refractivity contribution in [3.8, 4) is 0 Å². The third kappa shape index (κ3) is 5.85. The summed E-state index contributed by atoms with van der Waals surface area (Å²) in [5, 5.41) is 20.3. The molecule has 154 valence electrons. The average molecular weight is 417 g/mol. The number of carbonyl (C=O) groups excluding carboxylic acids is 2. The van der Waals surface area contributed by atoms with E-state index >= 15 is 0 Å². The van der Waals surface area contributed by atoms with Crippen LogP contribution in [0.15, 0.2) is 35.0 Å². The van der Waals surface area contributed by atoms with Crippen molar-refractivity contribution in [3.63, 3.8) is 0 Å². The fourth-order valence-corrected chi connectivity index (χ4v) is 4.05. The van der Waals surface area contributed by atoms with Crippen LogP contribution in [0.3, 0.4) is 0 Å². The van der Waals surface area contributed by atoms with Crippen molar-refractivity contribution in [2.45, 2.75) is 26.3 Å². The number of nitro benzene ring substituents is 1. The van der Waals surface area contributed by atoms with Gasteiger partial charge < -0.3 is 10.6 Å². The second-order valence-corrected chi connectivity index (χ2v) is 8.05. The third-order valence-electron chi connectivity index (χ3n) is 5.12. The van der Waals surface area contributed by atoms with Gasteiger partial charge in [-0.2, -0.15) is 11.3 Å². The maximum Gasteiger partial charge on any atom is 0.313 e. The number of benzene rings is 1. The number of nitrogens with zero attached hydrogens (tertiary/aromatic N) is 2. The van der Waals surface area contributed by atoms with Crippen molar-refractivity contribution in [1.29, 1.82) is 0 Å². The molecular formula is C20H24N4O4S. The summed E-state index contributed by atoms with van der Waals surface area (Å²) in [7, 11) is 0. The normalized spacial score (nSPS) is 15.1. The van der Waals surface area contributed by atoms with Gasteiger partial charge in [0.1, 0.15) is 0 Å². The predicted octanol–water partition coefficient (Wildman–Crippen LogP) is 2.93. The van der Waals surface area contributed by atoms with E-state index in [1.165, 1.54) is 23.8 Å². The molecule has 0 radical (unpaired) electrons. The lowest BCUT2D eigenvalue weighted by Gasteiger charge is -2.31. The first kappa shape index (κ1) is 20.9. The molecular weight excluding hydrogens is 392 g/mol. The molecule has 0 atom stereocenters. The molecule has 1 aromatic heterocycles. The quantitative estimate of drug-likeness (QED) is 0.428. The summed E-state index contributed by atoms with van der Waals surface area (Å²) in [6.45, 7) is 5.02. The third-order valence-corrected chi connectivity index (χ3v) is 5.85. The minimum absolute atomic E-state index is 0.0599. The summed E-state index contributed by atoms with van der Waals surface area (Å²) < 4.78 is 0. The molecule has 2 heterocycles. The van der Waals surface area contributed by atoms with Gasteiger partial charge in [0.15, 0.2) is 0 Å². The lowest BCUT2D eigenvalue weighted by molar-refractivity contribution is -0.384. The van der Waals surface area contributed by atoms with Crippen molar-refractivity contribution in [2.24, 2.45) is 5.92 Å². The zero-order valence-corrected chi connectivity index (χ0v) is 17.0. The first-order valence-electron chi connectivity index (χ1n) is 9.50. The maximum atomic E-state index is 12.1. The molecule has 3 rings (SSSR count). The molecule has 0 unspecified atom stereocenters. The molecule has 1 fully saturated rings. The molecule has 1 aromatic carbocycles. The van der Waals surface area contributed by atoms with Crippen LogP contribution in [0.4, 0.5) is 11.4 Å². The number of anilines is 1. The Hall–Kier alpha value is -2.78. The fourth-order valence-electron chi connectivity index (χ4n) is 3.39. The molecule has 1 aliphatic rings. The lowest BCUT2D eigenvalue weighted by atomic mass is 9.96. The van der Waals surface area contributed by atoms with Gasteiger partial charge in [-0.15, -0.1) is 0 Å². The van der Waals surface area contributed by atoms with Gasteiger partial charge in [0.25, 0.3) is 5.69 Å². The molecule has 2 N–H and O–H groups in total. The van der Waals surface area contributed by atoms with E-state index in [2.05, 4.69) is 32.4 Å². The van der Waals surface area contributed by atoms with Gasteiger partial charge in [-0.25, -0.2) is 0 Å². The maximum absolute atomic E-state index is 12.1. The Morgan fingerprint density at radius 3 is 2.62 bits per heavy atom. The van der Waals surface area contributed by atoms with Gasteiger partial charge in [0, 0.05) is 30.9 Å². The molecule has 2 aromatic rings. The van der Waals surface area contributed by atoms with Crippen LogP contribution < -0.4 is 10.6 Å². The highest BCUT2D eigenvalue weighted by molar-refractivity contribution is 7.07. The Labute approximate surface area is 173 Å². The van der Waals surface area contributed by atoms with Gasteiger partial charge in [-0.3, -0.25) is 24.6 Å². The van der Waals surface area contributed by atoms with Crippen molar-refractivity contribution < 1.29 is 14.5 Å². The van der Waals surface area contributed by atoms with E-state index in [1.54, 1.807) is 18.3 Å². The summed E-state index contributed by atoms with van der Waals surface area (Å²) >= 11 is 1.70. The van der Waals surface area contributed by atoms with E-state index in [0.29, 0.717) is 23.7 Å². The van der Waals surface area contributed by atoms with Crippen LogP contribution in [0.1, 0.15) is 24.0 Å². The number of nitrogens with one attached hydrogen (secondary N) is 2. The highest BCUT2D eigenvalue weighted by Gasteiger charge is 2.22. The van der Waals surface area contributed by atoms with E-state index < -0.39 is 16.7 Å². The van der Waals surface area contributed by atoms with E-state index in [-0.39, 0.29) is 5.69 Å². The van der Waals surface area contributed by atoms with Crippen LogP contribution >= 0.6 is 11.3 Å². The molecule has 2 amide bonds. The van der Waals surface area contributed by atoms with E-state index in [1.807, 2.05) is 0 Å². The van der Waals surface area contributed by atoms with Crippen molar-refractivity contribution >= 4 is 34.5 Å². The number of hydrogen-bond acceptors (Lipinski definition) is 6. The number of likely N-dealkylation sites (tertiary alicyclic amines) is 1. The summed E-state index contributed by atoms with van der Waals surface area (Å²) in [5.41, 5.74) is 2.19. The van der Waals surface area contributed by atoms with Crippen LogP contribution in [0, 0.1) is 23.0 Å². The number of hydrogen-bond donors (Lipinski definition) is 2. The molecule has 0 saturated carbocycles. The Morgan fingerprint density at radius 2 is 2.00 bits per heavy atom. The van der Waals surface area contributed by atoms with E-state index in [4.69, 9.17) is 0 Å². The van der Waals surface area contributed by atoms with Gasteiger partial charge in [0.2, 0.25) is 0 Å². The summed E-state index contributed by atoms with van der Waals surface area (Å²) in [4.78, 5) is 36.9. The van der Waals surface area contributed by atoms with E-state index in [9.17, 15) is 19.7 Å². The smallest absolute Gasteiger partial charge is 0.313 e. The molecule has 1 saturated heterocycles. The number of amides is 2. The largest absolute Gasteiger partial charge is 0.348 e. The van der Waals surface area contributed by atoms with Crippen molar-refractivity contribution in [3.05, 3.63) is 56.3 Å². The predicted molar refractivity (Wildman–Crippen MR) is 112 cm³/mol. The van der Waals surface area contributed by atoms with E-state index in [0.717, 1.165) is 32.5 Å². The fraction of sp³-hybridized carbons (Fsp3) is 0.400. The number of aryl methyl sites for hydroxylation is 1. The highest BCUT2D eigenvalue weighted by Crippen LogP contribution is 2.21. The minimum Gasteiger partial charge on any atom is -0.348 e. The number of rotatable bonds is 6. The zero-order chi connectivity index (χ0) is 20.8. The lowest BCUT2D eigenvalue weighted by Crippen LogP contribution is -2.41. The second-order valence-electron chi connectivity index (χ2n) is 7.27. The van der Waals surface area contributed by atoms with Crippen LogP contribution in [-0.4, -0.2) is 41.3 Å². The monoisotopic (exact) mass is 416 g/mol. The molecule has 29 heavy (non-hydrogen) atoms. The standard InChI is InChI=1S/C20H24N4O4S/c1-14-10-17(24(27)28)2-3-18(14)22-20(26)19(25)21-11-15-4-7-23(8-5-15)12-16-6-9-29-13-16/h2-3,6,9-10,13,15H,4-5,7-8,11-12H2,1H3,(H,21,25)(H,22,26). The zero-order valence-electron chi connectivity index (χ0n) is 16.2. The Balaban J connectivity index is 1.41.